The topological polar surface area (TPSA) is 16.1 Å². The van der Waals surface area contributed by atoms with Crippen molar-refractivity contribution in [2.75, 3.05) is 13.6 Å². The molecule has 1 aromatic heterocycles. The molecule has 0 saturated heterocycles. The Bertz CT molecular complexity index is 355. The van der Waals surface area contributed by atoms with Gasteiger partial charge < -0.3 is 4.90 Å². The minimum absolute atomic E-state index is 0.792. The molecule has 1 aliphatic heterocycles. The maximum atomic E-state index is 4.78. The normalized spacial score (nSPS) is 22.1. The maximum Gasteiger partial charge on any atom is 0.0464 e. The van der Waals surface area contributed by atoms with E-state index < -0.39 is 0 Å². The zero-order chi connectivity index (χ0) is 9.54. The highest BCUT2D eigenvalue weighted by Gasteiger charge is 2.26. The number of fused-ring (bicyclic) bond motifs is 1. The van der Waals surface area contributed by atoms with Gasteiger partial charge in [-0.3, -0.25) is 4.98 Å². The van der Waals surface area contributed by atoms with Gasteiger partial charge in [-0.15, -0.1) is 0 Å². The third kappa shape index (κ3) is 1.44. The average molecular weight is 188 g/mol. The highest BCUT2D eigenvalue weighted by molar-refractivity contribution is 5.28. The van der Waals surface area contributed by atoms with Gasteiger partial charge in [-0.25, -0.2) is 0 Å². The van der Waals surface area contributed by atoms with Gasteiger partial charge in [-0.1, -0.05) is 6.07 Å². The van der Waals surface area contributed by atoms with Crippen LogP contribution in [0.5, 0.6) is 0 Å². The van der Waals surface area contributed by atoms with E-state index in [-0.39, 0.29) is 0 Å². The standard InChI is InChI=1S/C12H16N2/c1-14-7-6-12-10(8-14)4-5-11(13-12)9-2-3-9/h4-5,9H,2-3,6-8H2,1H3. The number of aromatic nitrogens is 1. The van der Waals surface area contributed by atoms with E-state index in [0.29, 0.717) is 0 Å². The van der Waals surface area contributed by atoms with Crippen molar-refractivity contribution >= 4 is 0 Å². The van der Waals surface area contributed by atoms with Crippen LogP contribution < -0.4 is 0 Å². The lowest BCUT2D eigenvalue weighted by Gasteiger charge is -2.24. The molecule has 1 aliphatic carbocycles. The van der Waals surface area contributed by atoms with E-state index in [1.54, 1.807) is 0 Å². The monoisotopic (exact) mass is 188 g/mol. The Morgan fingerprint density at radius 2 is 2.21 bits per heavy atom. The predicted octanol–water partition coefficient (Wildman–Crippen LogP) is 1.95. The van der Waals surface area contributed by atoms with Crippen molar-refractivity contribution < 1.29 is 0 Å². The molecule has 1 aromatic rings. The molecule has 0 aromatic carbocycles. The number of hydrogen-bond donors (Lipinski definition) is 0. The lowest BCUT2D eigenvalue weighted by molar-refractivity contribution is 0.309. The third-order valence-electron chi connectivity index (χ3n) is 3.26. The fraction of sp³-hybridized carbons (Fsp3) is 0.583. The molecule has 0 bridgehead atoms. The molecule has 2 aliphatic rings. The molecular formula is C12H16N2. The molecule has 14 heavy (non-hydrogen) atoms. The van der Waals surface area contributed by atoms with E-state index in [4.69, 9.17) is 4.98 Å². The molecule has 1 saturated carbocycles. The summed E-state index contributed by atoms with van der Waals surface area (Å²) in [5.41, 5.74) is 4.13. The minimum atomic E-state index is 0.792. The molecule has 0 radical (unpaired) electrons. The van der Waals surface area contributed by atoms with Crippen LogP contribution >= 0.6 is 0 Å². The second kappa shape index (κ2) is 3.06. The molecule has 2 heterocycles. The fourth-order valence-electron chi connectivity index (χ4n) is 2.18. The fourth-order valence-corrected chi connectivity index (χ4v) is 2.18. The van der Waals surface area contributed by atoms with E-state index in [0.717, 1.165) is 25.4 Å². The Labute approximate surface area is 85.0 Å². The highest BCUT2D eigenvalue weighted by Crippen LogP contribution is 2.39. The molecular weight excluding hydrogens is 172 g/mol. The van der Waals surface area contributed by atoms with Crippen molar-refractivity contribution in [1.82, 2.24) is 9.88 Å². The van der Waals surface area contributed by atoms with E-state index >= 15 is 0 Å². The first-order chi connectivity index (χ1) is 6.83. The summed E-state index contributed by atoms with van der Waals surface area (Å²) in [5.74, 6) is 0.792. The Morgan fingerprint density at radius 1 is 1.36 bits per heavy atom. The zero-order valence-corrected chi connectivity index (χ0v) is 8.66. The van der Waals surface area contributed by atoms with Crippen molar-refractivity contribution in [3.8, 4) is 0 Å². The second-order valence-electron chi connectivity index (χ2n) is 4.60. The molecule has 0 spiro atoms. The van der Waals surface area contributed by atoms with E-state index in [1.807, 2.05) is 0 Å². The lowest BCUT2D eigenvalue weighted by Crippen LogP contribution is -2.27. The van der Waals surface area contributed by atoms with Gasteiger partial charge in [0.2, 0.25) is 0 Å². The first-order valence-electron chi connectivity index (χ1n) is 5.50. The summed E-state index contributed by atoms with van der Waals surface area (Å²) in [6.45, 7) is 2.24. The summed E-state index contributed by atoms with van der Waals surface area (Å²) in [6.07, 6.45) is 3.84. The van der Waals surface area contributed by atoms with Gasteiger partial charge in [0.1, 0.15) is 0 Å². The maximum absolute atomic E-state index is 4.78. The zero-order valence-electron chi connectivity index (χ0n) is 8.66. The van der Waals surface area contributed by atoms with Crippen LogP contribution in [0, 0.1) is 0 Å². The second-order valence-corrected chi connectivity index (χ2v) is 4.60. The van der Waals surface area contributed by atoms with Crippen LogP contribution in [0.2, 0.25) is 0 Å². The van der Waals surface area contributed by atoms with Crippen LogP contribution in [-0.2, 0) is 13.0 Å². The summed E-state index contributed by atoms with van der Waals surface area (Å²) >= 11 is 0. The summed E-state index contributed by atoms with van der Waals surface area (Å²) < 4.78 is 0. The van der Waals surface area contributed by atoms with Gasteiger partial charge in [-0.2, -0.15) is 0 Å². The minimum Gasteiger partial charge on any atom is -0.302 e. The molecule has 2 heteroatoms. The Hall–Kier alpha value is -0.890. The van der Waals surface area contributed by atoms with Crippen LogP contribution in [0.25, 0.3) is 0 Å². The van der Waals surface area contributed by atoms with Crippen molar-refractivity contribution in [3.05, 3.63) is 29.1 Å². The van der Waals surface area contributed by atoms with Gasteiger partial charge in [0.25, 0.3) is 0 Å². The van der Waals surface area contributed by atoms with Crippen molar-refractivity contribution in [3.63, 3.8) is 0 Å². The SMILES string of the molecule is CN1CCc2nc(C3CC3)ccc2C1. The van der Waals surface area contributed by atoms with Crippen molar-refractivity contribution in [2.24, 2.45) is 0 Å². The quantitative estimate of drug-likeness (QED) is 0.669. The Kier molecular flexibility index (Phi) is 1.84. The molecule has 0 amide bonds. The lowest BCUT2D eigenvalue weighted by atomic mass is 10.0. The molecule has 1 fully saturated rings. The Morgan fingerprint density at radius 3 is 3.00 bits per heavy atom. The van der Waals surface area contributed by atoms with Crippen LogP contribution in [0.1, 0.15) is 35.7 Å². The molecule has 0 unspecified atom stereocenters. The molecule has 74 valence electrons. The largest absolute Gasteiger partial charge is 0.302 e. The number of rotatable bonds is 1. The van der Waals surface area contributed by atoms with Crippen LogP contribution in [0.15, 0.2) is 12.1 Å². The predicted molar refractivity (Wildman–Crippen MR) is 56.3 cm³/mol. The van der Waals surface area contributed by atoms with Gasteiger partial charge in [0.05, 0.1) is 0 Å². The molecule has 0 N–H and O–H groups in total. The Balaban J connectivity index is 1.94. The summed E-state index contributed by atoms with van der Waals surface area (Å²) in [6, 6.07) is 4.52. The number of likely N-dealkylation sites (N-methyl/N-ethyl adjacent to an activating group) is 1. The molecule has 3 rings (SSSR count). The van der Waals surface area contributed by atoms with Gasteiger partial charge in [-0.05, 0) is 31.5 Å². The third-order valence-corrected chi connectivity index (χ3v) is 3.26. The number of nitrogens with zero attached hydrogens (tertiary/aromatic N) is 2. The van der Waals surface area contributed by atoms with E-state index in [2.05, 4.69) is 24.1 Å². The summed E-state index contributed by atoms with van der Waals surface area (Å²) in [4.78, 5) is 7.14. The highest BCUT2D eigenvalue weighted by atomic mass is 15.1. The van der Waals surface area contributed by atoms with Gasteiger partial charge >= 0.3 is 0 Å². The smallest absolute Gasteiger partial charge is 0.0464 e. The number of hydrogen-bond acceptors (Lipinski definition) is 2. The molecule has 2 nitrogen and oxygen atoms in total. The van der Waals surface area contributed by atoms with Crippen molar-refractivity contribution in [1.29, 1.82) is 0 Å². The van der Waals surface area contributed by atoms with Gasteiger partial charge in [0.15, 0.2) is 0 Å². The van der Waals surface area contributed by atoms with E-state index in [9.17, 15) is 0 Å². The first-order valence-corrected chi connectivity index (χ1v) is 5.50. The van der Waals surface area contributed by atoms with Gasteiger partial charge in [0, 0.05) is 36.8 Å². The first kappa shape index (κ1) is 8.42. The van der Waals surface area contributed by atoms with Crippen LogP contribution in [0.3, 0.4) is 0 Å². The van der Waals surface area contributed by atoms with Crippen LogP contribution in [-0.4, -0.2) is 23.5 Å². The van der Waals surface area contributed by atoms with Crippen LogP contribution in [0.4, 0.5) is 0 Å². The number of pyridine rings is 1. The average Bonchev–Trinajstić information content (AvgIpc) is 3.00. The van der Waals surface area contributed by atoms with Crippen molar-refractivity contribution in [2.45, 2.75) is 31.7 Å². The summed E-state index contributed by atoms with van der Waals surface area (Å²) in [7, 11) is 2.18. The van der Waals surface area contributed by atoms with E-state index in [1.165, 1.54) is 29.8 Å². The molecule has 0 atom stereocenters. The summed E-state index contributed by atoms with van der Waals surface area (Å²) in [5, 5.41) is 0.